The molecule has 1 aliphatic carbocycles. The van der Waals surface area contributed by atoms with Crippen molar-refractivity contribution in [2.75, 3.05) is 6.61 Å². The van der Waals surface area contributed by atoms with Gasteiger partial charge in [0.25, 0.3) is 0 Å². The second kappa shape index (κ2) is 4.55. The fraction of sp³-hybridized carbons (Fsp3) is 0.750. The van der Waals surface area contributed by atoms with Crippen LogP contribution in [0.15, 0.2) is 12.2 Å². The maximum absolute atomic E-state index is 10.7. The summed E-state index contributed by atoms with van der Waals surface area (Å²) in [6.45, 7) is 4.01. The van der Waals surface area contributed by atoms with Gasteiger partial charge in [-0.05, 0) is 12.8 Å². The zero-order chi connectivity index (χ0) is 11.6. The number of hydrogen-bond donors (Lipinski definition) is 1. The maximum atomic E-state index is 10.7. The van der Waals surface area contributed by atoms with Crippen LogP contribution in [0.3, 0.4) is 0 Å². The van der Waals surface area contributed by atoms with Gasteiger partial charge in [0.15, 0.2) is 5.79 Å². The van der Waals surface area contributed by atoms with Crippen molar-refractivity contribution in [3.05, 3.63) is 12.2 Å². The Bertz CT molecular complexity index is 291. The number of carbonyl (C=O) groups is 1. The van der Waals surface area contributed by atoms with Crippen molar-refractivity contribution in [1.29, 1.82) is 0 Å². The van der Waals surface area contributed by atoms with Crippen LogP contribution in [0.4, 0.5) is 0 Å². The summed E-state index contributed by atoms with van der Waals surface area (Å²) in [5, 5.41) is 8.75. The normalized spacial score (nSPS) is 28.1. The molecule has 1 N–H and O–H groups in total. The quantitative estimate of drug-likeness (QED) is 0.749. The third-order valence-electron chi connectivity index (χ3n) is 3.31. The molecule has 0 amide bonds. The van der Waals surface area contributed by atoms with Gasteiger partial charge in [-0.15, -0.1) is 0 Å². The van der Waals surface area contributed by atoms with Crippen LogP contribution < -0.4 is 0 Å². The van der Waals surface area contributed by atoms with Gasteiger partial charge in [0.1, 0.15) is 0 Å². The summed E-state index contributed by atoms with van der Waals surface area (Å²) in [6.07, 6.45) is 5.59. The van der Waals surface area contributed by atoms with Crippen molar-refractivity contribution in [3.8, 4) is 0 Å². The summed E-state index contributed by atoms with van der Waals surface area (Å²) in [7, 11) is 0. The SMILES string of the molecule is C=C(CC1COC2(CCCCC2)O1)C(=O)O. The Morgan fingerprint density at radius 2 is 2.06 bits per heavy atom. The van der Waals surface area contributed by atoms with Crippen molar-refractivity contribution in [2.24, 2.45) is 0 Å². The van der Waals surface area contributed by atoms with Gasteiger partial charge < -0.3 is 14.6 Å². The lowest BCUT2D eigenvalue weighted by atomic mass is 9.94. The van der Waals surface area contributed by atoms with Crippen LogP contribution in [0.5, 0.6) is 0 Å². The van der Waals surface area contributed by atoms with Crippen LogP contribution in [-0.2, 0) is 14.3 Å². The van der Waals surface area contributed by atoms with Crippen LogP contribution in [0, 0.1) is 0 Å². The number of carboxylic acids is 1. The molecule has 2 fully saturated rings. The van der Waals surface area contributed by atoms with Crippen LogP contribution >= 0.6 is 0 Å². The average Bonchev–Trinajstić information content (AvgIpc) is 2.62. The highest BCUT2D eigenvalue weighted by molar-refractivity contribution is 5.85. The fourth-order valence-electron chi connectivity index (χ4n) is 2.43. The molecule has 4 heteroatoms. The summed E-state index contributed by atoms with van der Waals surface area (Å²) in [6, 6.07) is 0. The van der Waals surface area contributed by atoms with Gasteiger partial charge in [-0.1, -0.05) is 13.0 Å². The van der Waals surface area contributed by atoms with Gasteiger partial charge in [0.05, 0.1) is 12.7 Å². The minimum atomic E-state index is -0.951. The van der Waals surface area contributed by atoms with E-state index in [1.807, 2.05) is 0 Å². The molecule has 0 aromatic carbocycles. The number of rotatable bonds is 3. The van der Waals surface area contributed by atoms with E-state index in [1.165, 1.54) is 6.42 Å². The van der Waals surface area contributed by atoms with Crippen LogP contribution in [0.1, 0.15) is 38.5 Å². The minimum absolute atomic E-state index is 0.137. The lowest BCUT2D eigenvalue weighted by molar-refractivity contribution is -0.187. The van der Waals surface area contributed by atoms with Gasteiger partial charge in [-0.25, -0.2) is 4.79 Å². The molecule has 0 aromatic rings. The number of ether oxygens (including phenoxy) is 2. The van der Waals surface area contributed by atoms with E-state index in [4.69, 9.17) is 14.6 Å². The number of carboxylic acid groups (broad SMARTS) is 1. The molecule has 1 saturated heterocycles. The summed E-state index contributed by atoms with van der Waals surface area (Å²) in [4.78, 5) is 10.7. The largest absolute Gasteiger partial charge is 0.478 e. The first kappa shape index (κ1) is 11.6. The third-order valence-corrected chi connectivity index (χ3v) is 3.31. The molecule has 1 saturated carbocycles. The molecule has 4 nitrogen and oxygen atoms in total. The zero-order valence-corrected chi connectivity index (χ0v) is 9.41. The van der Waals surface area contributed by atoms with E-state index in [0.717, 1.165) is 25.7 Å². The first-order valence-corrected chi connectivity index (χ1v) is 5.84. The van der Waals surface area contributed by atoms with E-state index in [1.54, 1.807) is 0 Å². The highest BCUT2D eigenvalue weighted by atomic mass is 16.7. The summed E-state index contributed by atoms with van der Waals surface area (Å²) < 4.78 is 11.6. The smallest absolute Gasteiger partial charge is 0.331 e. The topological polar surface area (TPSA) is 55.8 Å². The summed E-state index contributed by atoms with van der Waals surface area (Å²) in [5.41, 5.74) is 0.196. The average molecular weight is 226 g/mol. The molecule has 16 heavy (non-hydrogen) atoms. The Hall–Kier alpha value is -0.870. The van der Waals surface area contributed by atoms with E-state index in [9.17, 15) is 4.79 Å². The molecular formula is C12H18O4. The van der Waals surface area contributed by atoms with Gasteiger partial charge in [-0.2, -0.15) is 0 Å². The highest BCUT2D eigenvalue weighted by Crippen LogP contribution is 2.38. The Kier molecular flexibility index (Phi) is 3.30. The Morgan fingerprint density at radius 1 is 1.38 bits per heavy atom. The monoisotopic (exact) mass is 226 g/mol. The molecule has 90 valence electrons. The molecule has 0 aromatic heterocycles. The molecule has 1 aliphatic heterocycles. The predicted octanol–water partition coefficient (Wildman–Crippen LogP) is 2.09. The van der Waals surface area contributed by atoms with Gasteiger partial charge in [0, 0.05) is 24.8 Å². The molecule has 0 bridgehead atoms. The second-order valence-electron chi connectivity index (χ2n) is 4.64. The number of aliphatic carboxylic acids is 1. The lowest BCUT2D eigenvalue weighted by Gasteiger charge is -2.31. The summed E-state index contributed by atoms with van der Waals surface area (Å²) >= 11 is 0. The van der Waals surface area contributed by atoms with E-state index in [2.05, 4.69) is 6.58 Å². The van der Waals surface area contributed by atoms with E-state index >= 15 is 0 Å². The molecule has 0 radical (unpaired) electrons. The fourth-order valence-corrected chi connectivity index (χ4v) is 2.43. The van der Waals surface area contributed by atoms with Gasteiger partial charge in [-0.3, -0.25) is 0 Å². The minimum Gasteiger partial charge on any atom is -0.478 e. The van der Waals surface area contributed by atoms with E-state index in [-0.39, 0.29) is 11.7 Å². The summed E-state index contributed by atoms with van der Waals surface area (Å²) in [5.74, 6) is -1.37. The first-order valence-electron chi connectivity index (χ1n) is 5.84. The highest BCUT2D eigenvalue weighted by Gasteiger charge is 2.42. The Labute approximate surface area is 95.2 Å². The molecule has 1 heterocycles. The lowest BCUT2D eigenvalue weighted by Crippen LogP contribution is -2.33. The molecule has 1 atom stereocenters. The van der Waals surface area contributed by atoms with Crippen LogP contribution in [0.25, 0.3) is 0 Å². The van der Waals surface area contributed by atoms with E-state index < -0.39 is 11.8 Å². The van der Waals surface area contributed by atoms with Crippen molar-refractivity contribution in [3.63, 3.8) is 0 Å². The van der Waals surface area contributed by atoms with Crippen molar-refractivity contribution < 1.29 is 19.4 Å². The molecule has 2 rings (SSSR count). The number of hydrogen-bond acceptors (Lipinski definition) is 3. The standard InChI is InChI=1S/C12H18O4/c1-9(11(13)14)7-10-8-15-12(16-10)5-3-2-4-6-12/h10H,1-8H2,(H,13,14). The zero-order valence-electron chi connectivity index (χ0n) is 9.41. The molecule has 1 unspecified atom stereocenters. The van der Waals surface area contributed by atoms with Crippen molar-refractivity contribution in [2.45, 2.75) is 50.4 Å². The molecule has 1 spiro atoms. The van der Waals surface area contributed by atoms with E-state index in [0.29, 0.717) is 13.0 Å². The van der Waals surface area contributed by atoms with Crippen LogP contribution in [0.2, 0.25) is 0 Å². The first-order chi connectivity index (χ1) is 7.61. The Morgan fingerprint density at radius 3 is 2.69 bits per heavy atom. The molecule has 2 aliphatic rings. The third kappa shape index (κ3) is 2.44. The molecular weight excluding hydrogens is 208 g/mol. The maximum Gasteiger partial charge on any atom is 0.331 e. The van der Waals surface area contributed by atoms with Crippen molar-refractivity contribution >= 4 is 5.97 Å². The van der Waals surface area contributed by atoms with Gasteiger partial charge >= 0.3 is 5.97 Å². The van der Waals surface area contributed by atoms with Crippen LogP contribution in [-0.4, -0.2) is 29.6 Å². The van der Waals surface area contributed by atoms with Gasteiger partial charge in [0.2, 0.25) is 0 Å². The predicted molar refractivity (Wildman–Crippen MR) is 58.0 cm³/mol. The second-order valence-corrected chi connectivity index (χ2v) is 4.64. The Balaban J connectivity index is 1.87. The van der Waals surface area contributed by atoms with Crippen molar-refractivity contribution in [1.82, 2.24) is 0 Å².